The monoisotopic (exact) mass is 415 g/mol. The van der Waals surface area contributed by atoms with Crippen LogP contribution in [-0.2, 0) is 12.6 Å². The van der Waals surface area contributed by atoms with Gasteiger partial charge in [-0.15, -0.1) is 0 Å². The van der Waals surface area contributed by atoms with Crippen LogP contribution in [0, 0.1) is 18.8 Å². The van der Waals surface area contributed by atoms with Crippen LogP contribution in [0.15, 0.2) is 24.7 Å². The van der Waals surface area contributed by atoms with Crippen LogP contribution in [0.25, 0.3) is 11.0 Å². The molecule has 0 radical (unpaired) electrons. The number of hydrogen-bond donors (Lipinski definition) is 3. The lowest BCUT2D eigenvalue weighted by Gasteiger charge is -2.14. The van der Waals surface area contributed by atoms with E-state index in [0.717, 1.165) is 18.5 Å². The van der Waals surface area contributed by atoms with E-state index in [2.05, 4.69) is 49.3 Å². The molecule has 10 nitrogen and oxygen atoms in total. The van der Waals surface area contributed by atoms with Crippen molar-refractivity contribution in [2.75, 3.05) is 11.1 Å². The summed E-state index contributed by atoms with van der Waals surface area (Å²) >= 11 is 0. The third kappa shape index (κ3) is 3.20. The Labute approximate surface area is 177 Å². The van der Waals surface area contributed by atoms with E-state index in [1.807, 2.05) is 30.8 Å². The minimum atomic E-state index is -0.369. The van der Waals surface area contributed by atoms with Crippen LogP contribution in [0.2, 0.25) is 0 Å². The molecular weight excluding hydrogens is 394 g/mol. The van der Waals surface area contributed by atoms with Gasteiger partial charge in [0.2, 0.25) is 0 Å². The molecular formula is C21H21N9O. The molecule has 0 saturated heterocycles. The third-order valence-corrected chi connectivity index (χ3v) is 5.49. The zero-order valence-electron chi connectivity index (χ0n) is 17.4. The predicted octanol–water partition coefficient (Wildman–Crippen LogP) is 1.94. The highest BCUT2D eigenvalue weighted by Crippen LogP contribution is 2.47. The van der Waals surface area contributed by atoms with Crippen molar-refractivity contribution < 1.29 is 4.79 Å². The molecule has 0 aliphatic heterocycles. The van der Waals surface area contributed by atoms with Crippen molar-refractivity contribution in [3.63, 3.8) is 0 Å². The number of carbonyl (C=O) groups is 1. The Morgan fingerprint density at radius 2 is 2.13 bits per heavy atom. The molecule has 0 aromatic carbocycles. The fourth-order valence-electron chi connectivity index (χ4n) is 3.67. The Morgan fingerprint density at radius 3 is 2.77 bits per heavy atom. The van der Waals surface area contributed by atoms with E-state index in [-0.39, 0.29) is 17.3 Å². The van der Waals surface area contributed by atoms with Crippen molar-refractivity contribution in [1.29, 1.82) is 0 Å². The first-order valence-corrected chi connectivity index (χ1v) is 9.86. The van der Waals surface area contributed by atoms with E-state index in [9.17, 15) is 4.79 Å². The van der Waals surface area contributed by atoms with Crippen molar-refractivity contribution in [3.8, 4) is 11.8 Å². The minimum Gasteiger partial charge on any atom is -0.383 e. The van der Waals surface area contributed by atoms with E-state index in [1.165, 1.54) is 6.33 Å². The number of H-pyrrole nitrogens is 1. The van der Waals surface area contributed by atoms with Gasteiger partial charge in [-0.1, -0.05) is 0 Å². The molecule has 1 saturated carbocycles. The second kappa shape index (κ2) is 6.70. The minimum absolute atomic E-state index is 0.186. The maximum atomic E-state index is 13.4. The lowest BCUT2D eigenvalue weighted by molar-refractivity contribution is 0.102. The average Bonchev–Trinajstić information content (AvgIpc) is 3.06. The summed E-state index contributed by atoms with van der Waals surface area (Å²) in [5.74, 6) is 6.52. The van der Waals surface area contributed by atoms with E-state index in [1.54, 1.807) is 10.7 Å². The van der Waals surface area contributed by atoms with E-state index in [4.69, 9.17) is 5.73 Å². The number of anilines is 2. The van der Waals surface area contributed by atoms with E-state index >= 15 is 0 Å². The topological polar surface area (TPSA) is 132 Å². The zero-order valence-corrected chi connectivity index (χ0v) is 17.4. The van der Waals surface area contributed by atoms with Gasteiger partial charge in [0, 0.05) is 30.5 Å². The van der Waals surface area contributed by atoms with Gasteiger partial charge in [-0.25, -0.2) is 9.97 Å². The summed E-state index contributed by atoms with van der Waals surface area (Å²) in [6.45, 7) is 3.98. The van der Waals surface area contributed by atoms with Gasteiger partial charge >= 0.3 is 0 Å². The fourth-order valence-corrected chi connectivity index (χ4v) is 3.67. The summed E-state index contributed by atoms with van der Waals surface area (Å²) in [6, 6.07) is 3.57. The molecule has 5 rings (SSSR count). The molecule has 1 aliphatic carbocycles. The smallest absolute Gasteiger partial charge is 0.260 e. The van der Waals surface area contributed by atoms with Gasteiger partial charge in [0.05, 0.1) is 10.9 Å². The Hall–Kier alpha value is -4.13. The number of hydrogen-bond acceptors (Lipinski definition) is 6. The van der Waals surface area contributed by atoms with E-state index < -0.39 is 0 Å². The van der Waals surface area contributed by atoms with Crippen LogP contribution in [0.4, 0.5) is 11.6 Å². The predicted molar refractivity (Wildman–Crippen MR) is 115 cm³/mol. The molecule has 10 heteroatoms. The first kappa shape index (κ1) is 18.9. The number of nitrogens with zero attached hydrogens (tertiary/aromatic N) is 6. The van der Waals surface area contributed by atoms with E-state index in [0.29, 0.717) is 33.8 Å². The first-order chi connectivity index (χ1) is 14.9. The van der Waals surface area contributed by atoms with Crippen molar-refractivity contribution >= 4 is 28.6 Å². The number of aryl methyl sites for hydroxylation is 2. The molecule has 1 aliphatic rings. The molecule has 31 heavy (non-hydrogen) atoms. The molecule has 0 spiro atoms. The Balaban J connectivity index is 1.74. The summed E-state index contributed by atoms with van der Waals surface area (Å²) in [5.41, 5.74) is 8.95. The van der Waals surface area contributed by atoms with Crippen molar-refractivity contribution in [1.82, 2.24) is 34.5 Å². The normalized spacial score (nSPS) is 14.3. The maximum Gasteiger partial charge on any atom is 0.260 e. The van der Waals surface area contributed by atoms with Crippen LogP contribution >= 0.6 is 0 Å². The second-order valence-corrected chi connectivity index (χ2v) is 8.03. The third-order valence-electron chi connectivity index (χ3n) is 5.49. The maximum absolute atomic E-state index is 13.4. The second-order valence-electron chi connectivity index (χ2n) is 8.03. The van der Waals surface area contributed by atoms with Crippen LogP contribution in [0.3, 0.4) is 0 Å². The number of aromatic amines is 1. The number of amides is 1. The first-order valence-electron chi connectivity index (χ1n) is 9.86. The van der Waals surface area contributed by atoms with Crippen LogP contribution in [0.1, 0.15) is 47.2 Å². The van der Waals surface area contributed by atoms with Crippen molar-refractivity contribution in [2.45, 2.75) is 32.2 Å². The highest BCUT2D eigenvalue weighted by Gasteiger charge is 2.44. The summed E-state index contributed by atoms with van der Waals surface area (Å²) in [7, 11) is 1.83. The molecule has 1 amide bonds. The standard InChI is InChI=1S/C21H21N9O/c1-12-10-15(27-26-12)25-20(31)16-14(5-4-13-6-9-29(3)28-13)30(21(2)7-8-21)19-17(16)18(22)23-11-24-19/h6,9-11H,7-8H2,1-3H3,(H2,22,23,24)(H2,25,26,27,31). The Bertz CT molecular complexity index is 1390. The molecule has 4 aromatic rings. The zero-order chi connectivity index (χ0) is 21.8. The van der Waals surface area contributed by atoms with Crippen molar-refractivity contribution in [3.05, 3.63) is 47.3 Å². The van der Waals surface area contributed by atoms with Gasteiger partial charge in [0.25, 0.3) is 5.91 Å². The number of nitrogens with two attached hydrogens (primary N) is 1. The number of nitrogens with one attached hydrogen (secondary N) is 2. The van der Waals surface area contributed by atoms with Crippen molar-refractivity contribution in [2.24, 2.45) is 7.05 Å². The van der Waals surface area contributed by atoms with Gasteiger partial charge in [0.15, 0.2) is 5.82 Å². The molecule has 4 aromatic heterocycles. The van der Waals surface area contributed by atoms with Gasteiger partial charge in [-0.3, -0.25) is 14.6 Å². The molecule has 0 unspecified atom stereocenters. The molecule has 156 valence electrons. The Kier molecular flexibility index (Phi) is 4.08. The van der Waals surface area contributed by atoms with Crippen LogP contribution in [-0.4, -0.2) is 40.4 Å². The van der Waals surface area contributed by atoms with Gasteiger partial charge in [0.1, 0.15) is 29.2 Å². The van der Waals surface area contributed by atoms with Crippen LogP contribution in [0.5, 0.6) is 0 Å². The molecule has 4 N–H and O–H groups in total. The molecule has 0 bridgehead atoms. The number of aromatic nitrogens is 7. The highest BCUT2D eigenvalue weighted by molar-refractivity contribution is 6.16. The fraction of sp³-hybridized carbons (Fsp3) is 0.286. The number of carbonyl (C=O) groups excluding carboxylic acids is 1. The summed E-state index contributed by atoms with van der Waals surface area (Å²) in [4.78, 5) is 22.0. The molecule has 4 heterocycles. The Morgan fingerprint density at radius 1 is 1.32 bits per heavy atom. The summed E-state index contributed by atoms with van der Waals surface area (Å²) in [6.07, 6.45) is 5.14. The SMILES string of the molecule is Cc1cc(NC(=O)c2c(C#Cc3ccn(C)n3)n(C3(C)CC3)c3ncnc(N)c23)n[nH]1. The van der Waals surface area contributed by atoms with Gasteiger partial charge in [-0.05, 0) is 44.6 Å². The molecule has 1 fully saturated rings. The molecule has 0 atom stereocenters. The average molecular weight is 415 g/mol. The number of fused-ring (bicyclic) bond motifs is 1. The largest absolute Gasteiger partial charge is 0.383 e. The number of rotatable bonds is 3. The highest BCUT2D eigenvalue weighted by atomic mass is 16.1. The quantitative estimate of drug-likeness (QED) is 0.438. The number of nitrogen functional groups attached to an aromatic ring is 1. The summed E-state index contributed by atoms with van der Waals surface area (Å²) in [5, 5.41) is 14.6. The summed E-state index contributed by atoms with van der Waals surface area (Å²) < 4.78 is 3.69. The van der Waals surface area contributed by atoms with Gasteiger partial charge < -0.3 is 15.6 Å². The van der Waals surface area contributed by atoms with Crippen LogP contribution < -0.4 is 11.1 Å². The van der Waals surface area contributed by atoms with Gasteiger partial charge in [-0.2, -0.15) is 10.2 Å². The lowest BCUT2D eigenvalue weighted by Crippen LogP contribution is -2.18. The lowest BCUT2D eigenvalue weighted by atomic mass is 10.1.